The van der Waals surface area contributed by atoms with E-state index in [1.165, 1.54) is 23.2 Å². The number of nitrogens with one attached hydrogen (secondary N) is 1. The molecule has 4 heteroatoms. The van der Waals surface area contributed by atoms with Gasteiger partial charge in [0.1, 0.15) is 5.82 Å². The van der Waals surface area contributed by atoms with Gasteiger partial charge < -0.3 is 9.88 Å². The van der Waals surface area contributed by atoms with Crippen LogP contribution in [0, 0.1) is 5.82 Å². The van der Waals surface area contributed by atoms with Crippen molar-refractivity contribution in [3.63, 3.8) is 0 Å². The van der Waals surface area contributed by atoms with E-state index in [0.717, 1.165) is 17.6 Å². The molecule has 3 aromatic rings. The van der Waals surface area contributed by atoms with Gasteiger partial charge in [0.15, 0.2) is 0 Å². The molecule has 2 heterocycles. The van der Waals surface area contributed by atoms with Crippen molar-refractivity contribution < 1.29 is 4.39 Å². The van der Waals surface area contributed by atoms with E-state index in [1.54, 1.807) is 6.20 Å². The minimum atomic E-state index is -0.297. The van der Waals surface area contributed by atoms with Gasteiger partial charge in [0.2, 0.25) is 0 Å². The van der Waals surface area contributed by atoms with E-state index in [9.17, 15) is 4.39 Å². The highest BCUT2D eigenvalue weighted by molar-refractivity contribution is 5.84. The molecule has 1 aromatic carbocycles. The lowest BCUT2D eigenvalue weighted by molar-refractivity contribution is 0.616. The molecule has 0 saturated carbocycles. The fourth-order valence-corrected chi connectivity index (χ4v) is 2.52. The molecule has 0 atom stereocenters. The second-order valence-electron chi connectivity index (χ2n) is 4.84. The van der Waals surface area contributed by atoms with Crippen molar-refractivity contribution in [3.05, 3.63) is 65.9 Å². The highest BCUT2D eigenvalue weighted by Gasteiger charge is 2.08. The lowest BCUT2D eigenvalue weighted by Gasteiger charge is -2.05. The molecule has 0 amide bonds. The average molecular weight is 269 g/mol. The van der Waals surface area contributed by atoms with Gasteiger partial charge >= 0.3 is 0 Å². The van der Waals surface area contributed by atoms with E-state index in [2.05, 4.69) is 33.2 Å². The van der Waals surface area contributed by atoms with Crippen molar-refractivity contribution in [2.45, 2.75) is 13.1 Å². The summed E-state index contributed by atoms with van der Waals surface area (Å²) in [5.41, 5.74) is 3.26. The molecule has 0 aliphatic carbocycles. The third-order valence-electron chi connectivity index (χ3n) is 3.35. The van der Waals surface area contributed by atoms with Crippen LogP contribution in [0.2, 0.25) is 0 Å². The third-order valence-corrected chi connectivity index (χ3v) is 3.35. The fraction of sp³-hybridized carbons (Fsp3) is 0.188. The first kappa shape index (κ1) is 12.8. The summed E-state index contributed by atoms with van der Waals surface area (Å²) in [5.74, 6) is -0.297. The summed E-state index contributed by atoms with van der Waals surface area (Å²) in [4.78, 5) is 3.90. The van der Waals surface area contributed by atoms with Gasteiger partial charge in [-0.05, 0) is 30.3 Å². The summed E-state index contributed by atoms with van der Waals surface area (Å²) in [6.45, 7) is 1.43. The monoisotopic (exact) mass is 269 g/mol. The van der Waals surface area contributed by atoms with Crippen LogP contribution in [0.25, 0.3) is 10.9 Å². The maximum Gasteiger partial charge on any atom is 0.141 e. The number of nitrogens with zero attached hydrogens (tertiary/aromatic N) is 2. The van der Waals surface area contributed by atoms with Gasteiger partial charge in [-0.3, -0.25) is 4.98 Å². The lowest BCUT2D eigenvalue weighted by atomic mass is 10.2. The second kappa shape index (κ2) is 5.43. The van der Waals surface area contributed by atoms with E-state index >= 15 is 0 Å². The van der Waals surface area contributed by atoms with Gasteiger partial charge in [0.25, 0.3) is 0 Å². The van der Waals surface area contributed by atoms with Crippen molar-refractivity contribution in [2.24, 2.45) is 0 Å². The Morgan fingerprint density at radius 2 is 2.10 bits per heavy atom. The Bertz CT molecular complexity index is 733. The van der Waals surface area contributed by atoms with Crippen molar-refractivity contribution in [1.82, 2.24) is 14.9 Å². The zero-order chi connectivity index (χ0) is 13.9. The fourth-order valence-electron chi connectivity index (χ4n) is 2.52. The van der Waals surface area contributed by atoms with E-state index < -0.39 is 0 Å². The van der Waals surface area contributed by atoms with E-state index in [-0.39, 0.29) is 5.82 Å². The van der Waals surface area contributed by atoms with Crippen LogP contribution in [0.4, 0.5) is 4.39 Å². The number of pyridine rings is 1. The maximum absolute atomic E-state index is 13.2. The molecule has 3 nitrogen and oxygen atoms in total. The number of aromatic nitrogens is 2. The normalized spacial score (nSPS) is 11.1. The minimum Gasteiger partial charge on any atom is -0.343 e. The molecule has 0 unspecified atom stereocenters. The van der Waals surface area contributed by atoms with Crippen LogP contribution in [-0.4, -0.2) is 16.6 Å². The largest absolute Gasteiger partial charge is 0.343 e. The molecule has 0 aliphatic heterocycles. The molecule has 0 saturated heterocycles. The Morgan fingerprint density at radius 3 is 2.90 bits per heavy atom. The SMILES string of the molecule is CNCc1cn(Cc2cncc(F)c2)c2ccccc12. The summed E-state index contributed by atoms with van der Waals surface area (Å²) in [6, 6.07) is 9.78. The van der Waals surface area contributed by atoms with E-state index in [1.807, 2.05) is 19.2 Å². The van der Waals surface area contributed by atoms with Crippen molar-refractivity contribution in [1.29, 1.82) is 0 Å². The first-order chi connectivity index (χ1) is 9.78. The second-order valence-corrected chi connectivity index (χ2v) is 4.84. The molecule has 20 heavy (non-hydrogen) atoms. The van der Waals surface area contributed by atoms with Gasteiger partial charge in [-0.2, -0.15) is 0 Å². The molecule has 0 fully saturated rings. The van der Waals surface area contributed by atoms with Crippen LogP contribution in [0.3, 0.4) is 0 Å². The number of rotatable bonds is 4. The minimum absolute atomic E-state index is 0.297. The highest BCUT2D eigenvalue weighted by atomic mass is 19.1. The molecule has 2 aromatic heterocycles. The zero-order valence-electron chi connectivity index (χ0n) is 11.3. The molecule has 0 radical (unpaired) electrons. The van der Waals surface area contributed by atoms with Crippen molar-refractivity contribution in [3.8, 4) is 0 Å². The van der Waals surface area contributed by atoms with Crippen LogP contribution in [0.5, 0.6) is 0 Å². The number of hydrogen-bond donors (Lipinski definition) is 1. The van der Waals surface area contributed by atoms with Gasteiger partial charge in [-0.25, -0.2) is 4.39 Å². The maximum atomic E-state index is 13.2. The Morgan fingerprint density at radius 1 is 1.25 bits per heavy atom. The van der Waals surface area contributed by atoms with Crippen molar-refractivity contribution in [2.75, 3.05) is 7.05 Å². The van der Waals surface area contributed by atoms with Gasteiger partial charge in [0.05, 0.1) is 6.20 Å². The first-order valence-electron chi connectivity index (χ1n) is 6.58. The van der Waals surface area contributed by atoms with Crippen LogP contribution >= 0.6 is 0 Å². The zero-order valence-corrected chi connectivity index (χ0v) is 11.3. The predicted molar refractivity (Wildman–Crippen MR) is 78.0 cm³/mol. The molecule has 3 rings (SSSR count). The number of fused-ring (bicyclic) bond motifs is 1. The number of para-hydroxylation sites is 1. The van der Waals surface area contributed by atoms with Crippen molar-refractivity contribution >= 4 is 10.9 Å². The van der Waals surface area contributed by atoms with Crippen LogP contribution in [-0.2, 0) is 13.1 Å². The molecule has 0 spiro atoms. The number of hydrogen-bond acceptors (Lipinski definition) is 2. The lowest BCUT2D eigenvalue weighted by Crippen LogP contribution is -2.04. The summed E-state index contributed by atoms with van der Waals surface area (Å²) in [7, 11) is 1.93. The highest BCUT2D eigenvalue weighted by Crippen LogP contribution is 2.22. The number of benzene rings is 1. The van der Waals surface area contributed by atoms with Gasteiger partial charge in [-0.15, -0.1) is 0 Å². The Balaban J connectivity index is 2.03. The first-order valence-corrected chi connectivity index (χ1v) is 6.58. The van der Waals surface area contributed by atoms with Crippen LogP contribution in [0.1, 0.15) is 11.1 Å². The number of halogens is 1. The average Bonchev–Trinajstić information content (AvgIpc) is 2.78. The molecule has 102 valence electrons. The van der Waals surface area contributed by atoms with Crippen LogP contribution in [0.15, 0.2) is 48.9 Å². The van der Waals surface area contributed by atoms with Crippen LogP contribution < -0.4 is 5.32 Å². The standard InChI is InChI=1S/C16H16FN3/c1-18-8-13-11-20(16-5-3-2-4-15(13)16)10-12-6-14(17)9-19-7-12/h2-7,9,11,18H,8,10H2,1H3. The predicted octanol–water partition coefficient (Wildman–Crippen LogP) is 2.94. The molecule has 1 N–H and O–H groups in total. The topological polar surface area (TPSA) is 29.9 Å². The third kappa shape index (κ3) is 2.42. The molecular weight excluding hydrogens is 253 g/mol. The molecule has 0 aliphatic rings. The smallest absolute Gasteiger partial charge is 0.141 e. The summed E-state index contributed by atoms with van der Waals surface area (Å²) in [5, 5.41) is 4.40. The van der Waals surface area contributed by atoms with E-state index in [0.29, 0.717) is 6.54 Å². The summed E-state index contributed by atoms with van der Waals surface area (Å²) >= 11 is 0. The quantitative estimate of drug-likeness (QED) is 0.789. The molecule has 0 bridgehead atoms. The Kier molecular flexibility index (Phi) is 3.48. The van der Waals surface area contributed by atoms with E-state index in [4.69, 9.17) is 0 Å². The van der Waals surface area contributed by atoms with Gasteiger partial charge in [-0.1, -0.05) is 18.2 Å². The Labute approximate surface area is 117 Å². The summed E-state index contributed by atoms with van der Waals surface area (Å²) < 4.78 is 15.4. The summed E-state index contributed by atoms with van der Waals surface area (Å²) in [6.07, 6.45) is 5.05. The van der Waals surface area contributed by atoms with Gasteiger partial charge in [0, 0.05) is 36.4 Å². The molecular formula is C16H16FN3. The Hall–Kier alpha value is -2.20.